The third kappa shape index (κ3) is 3.18. The quantitative estimate of drug-likeness (QED) is 0.876. The van der Waals surface area contributed by atoms with Gasteiger partial charge in [0.05, 0.1) is 11.3 Å². The van der Waals surface area contributed by atoms with Gasteiger partial charge in [0.25, 0.3) is 5.91 Å². The standard InChI is InChI=1S/C16H24FN3O/c1-18-14-12(7-6-8-13(14)17)15(21)19-11-16(20(2)3)9-4-5-10-16/h6-8,18H,4-5,9-11H2,1-3H3,(H,19,21). The van der Waals surface area contributed by atoms with E-state index < -0.39 is 5.82 Å². The Morgan fingerprint density at radius 3 is 2.57 bits per heavy atom. The molecule has 1 aromatic rings. The minimum Gasteiger partial charge on any atom is -0.385 e. The zero-order valence-corrected chi connectivity index (χ0v) is 13.0. The summed E-state index contributed by atoms with van der Waals surface area (Å²) in [6, 6.07) is 4.55. The van der Waals surface area contributed by atoms with Crippen molar-refractivity contribution in [2.45, 2.75) is 31.2 Å². The number of halogens is 1. The molecule has 0 atom stereocenters. The summed E-state index contributed by atoms with van der Waals surface area (Å²) in [5.41, 5.74) is 0.632. The van der Waals surface area contributed by atoms with Crippen LogP contribution in [0.5, 0.6) is 0 Å². The van der Waals surface area contributed by atoms with Crippen LogP contribution in [0.2, 0.25) is 0 Å². The van der Waals surface area contributed by atoms with E-state index in [4.69, 9.17) is 0 Å². The molecule has 1 saturated carbocycles. The Balaban J connectivity index is 2.10. The van der Waals surface area contributed by atoms with Crippen LogP contribution < -0.4 is 10.6 Å². The van der Waals surface area contributed by atoms with Crippen molar-refractivity contribution in [3.63, 3.8) is 0 Å². The monoisotopic (exact) mass is 293 g/mol. The van der Waals surface area contributed by atoms with Crippen LogP contribution in [0.25, 0.3) is 0 Å². The van der Waals surface area contributed by atoms with Crippen molar-refractivity contribution in [2.24, 2.45) is 0 Å². The minimum absolute atomic E-state index is 0.0305. The maximum absolute atomic E-state index is 13.7. The topological polar surface area (TPSA) is 44.4 Å². The lowest BCUT2D eigenvalue weighted by Crippen LogP contribution is -2.50. The predicted molar refractivity (Wildman–Crippen MR) is 83.2 cm³/mol. The van der Waals surface area contributed by atoms with Crippen LogP contribution in [0.4, 0.5) is 10.1 Å². The molecule has 2 N–H and O–H groups in total. The van der Waals surface area contributed by atoms with Crippen LogP contribution in [0.3, 0.4) is 0 Å². The molecule has 116 valence electrons. The fourth-order valence-corrected chi connectivity index (χ4v) is 3.12. The Bertz CT molecular complexity index is 510. The number of amides is 1. The molecule has 1 aromatic carbocycles. The second kappa shape index (κ2) is 6.43. The first-order valence-electron chi connectivity index (χ1n) is 7.42. The molecule has 0 aliphatic heterocycles. The number of carbonyl (C=O) groups excluding carboxylic acids is 1. The van der Waals surface area contributed by atoms with E-state index in [2.05, 4.69) is 29.6 Å². The van der Waals surface area contributed by atoms with Gasteiger partial charge in [0, 0.05) is 19.1 Å². The lowest BCUT2D eigenvalue weighted by atomic mass is 9.96. The van der Waals surface area contributed by atoms with Crippen molar-refractivity contribution in [1.29, 1.82) is 0 Å². The van der Waals surface area contributed by atoms with Gasteiger partial charge in [-0.1, -0.05) is 18.9 Å². The molecule has 1 fully saturated rings. The van der Waals surface area contributed by atoms with Gasteiger partial charge >= 0.3 is 0 Å². The van der Waals surface area contributed by atoms with Crippen LogP contribution in [0.1, 0.15) is 36.0 Å². The van der Waals surface area contributed by atoms with Gasteiger partial charge in [-0.25, -0.2) is 4.39 Å². The fraction of sp³-hybridized carbons (Fsp3) is 0.562. The molecule has 0 saturated heterocycles. The summed E-state index contributed by atoms with van der Waals surface area (Å²) in [5, 5.41) is 5.74. The smallest absolute Gasteiger partial charge is 0.253 e. The van der Waals surface area contributed by atoms with Gasteiger partial charge in [0.2, 0.25) is 0 Å². The number of anilines is 1. The third-order valence-corrected chi connectivity index (χ3v) is 4.57. The van der Waals surface area contributed by atoms with Crippen molar-refractivity contribution >= 4 is 11.6 Å². The van der Waals surface area contributed by atoms with E-state index in [0.717, 1.165) is 12.8 Å². The Labute approximate surface area is 125 Å². The number of nitrogens with one attached hydrogen (secondary N) is 2. The van der Waals surface area contributed by atoms with Crippen molar-refractivity contribution in [3.8, 4) is 0 Å². The first-order chi connectivity index (χ1) is 10.00. The number of carbonyl (C=O) groups is 1. The Hall–Kier alpha value is -1.62. The predicted octanol–water partition coefficient (Wildman–Crippen LogP) is 2.47. The van der Waals surface area contributed by atoms with Crippen LogP contribution in [0.15, 0.2) is 18.2 Å². The number of hydrogen-bond acceptors (Lipinski definition) is 3. The third-order valence-electron chi connectivity index (χ3n) is 4.57. The van der Waals surface area contributed by atoms with E-state index in [9.17, 15) is 9.18 Å². The van der Waals surface area contributed by atoms with Gasteiger partial charge in [-0.05, 0) is 39.1 Å². The van der Waals surface area contributed by atoms with E-state index in [1.54, 1.807) is 19.2 Å². The molecule has 2 rings (SSSR count). The number of likely N-dealkylation sites (N-methyl/N-ethyl adjacent to an activating group) is 1. The summed E-state index contributed by atoms with van der Waals surface area (Å²) >= 11 is 0. The second-order valence-electron chi connectivity index (χ2n) is 5.92. The molecular formula is C16H24FN3O. The molecule has 0 spiro atoms. The highest BCUT2D eigenvalue weighted by Crippen LogP contribution is 2.33. The summed E-state index contributed by atoms with van der Waals surface area (Å²) in [5.74, 6) is -0.639. The van der Waals surface area contributed by atoms with Gasteiger partial charge in [0.1, 0.15) is 5.82 Å². The first kappa shape index (κ1) is 15.8. The molecule has 5 heteroatoms. The molecule has 1 aliphatic rings. The van der Waals surface area contributed by atoms with Crippen molar-refractivity contribution in [3.05, 3.63) is 29.6 Å². The molecule has 1 amide bonds. The average molecular weight is 293 g/mol. The Morgan fingerprint density at radius 1 is 1.33 bits per heavy atom. The Morgan fingerprint density at radius 2 is 2.00 bits per heavy atom. The van der Waals surface area contributed by atoms with E-state index in [0.29, 0.717) is 12.1 Å². The van der Waals surface area contributed by atoms with Crippen molar-refractivity contribution < 1.29 is 9.18 Å². The lowest BCUT2D eigenvalue weighted by molar-refractivity contribution is 0.0900. The molecule has 21 heavy (non-hydrogen) atoms. The lowest BCUT2D eigenvalue weighted by Gasteiger charge is -2.36. The normalized spacial score (nSPS) is 17.0. The largest absolute Gasteiger partial charge is 0.385 e. The van der Waals surface area contributed by atoms with Gasteiger partial charge in [-0.3, -0.25) is 4.79 Å². The molecule has 0 aromatic heterocycles. The number of hydrogen-bond donors (Lipinski definition) is 2. The summed E-state index contributed by atoms with van der Waals surface area (Å²) in [7, 11) is 5.73. The van der Waals surface area contributed by atoms with Gasteiger partial charge in [0.15, 0.2) is 0 Å². The summed E-state index contributed by atoms with van der Waals surface area (Å²) < 4.78 is 13.7. The second-order valence-corrected chi connectivity index (χ2v) is 5.92. The first-order valence-corrected chi connectivity index (χ1v) is 7.42. The average Bonchev–Trinajstić information content (AvgIpc) is 2.94. The van der Waals surface area contributed by atoms with E-state index in [-0.39, 0.29) is 17.1 Å². The van der Waals surface area contributed by atoms with E-state index >= 15 is 0 Å². The summed E-state index contributed by atoms with van der Waals surface area (Å²) in [4.78, 5) is 14.6. The maximum Gasteiger partial charge on any atom is 0.253 e. The molecule has 0 radical (unpaired) electrons. The number of benzene rings is 1. The molecule has 0 heterocycles. The number of rotatable bonds is 5. The summed E-state index contributed by atoms with van der Waals surface area (Å²) in [6.07, 6.45) is 4.55. The van der Waals surface area contributed by atoms with Crippen LogP contribution in [0, 0.1) is 5.82 Å². The zero-order chi connectivity index (χ0) is 15.5. The van der Waals surface area contributed by atoms with E-state index in [1.807, 2.05) is 0 Å². The highest BCUT2D eigenvalue weighted by atomic mass is 19.1. The molecule has 4 nitrogen and oxygen atoms in total. The van der Waals surface area contributed by atoms with Crippen LogP contribution >= 0.6 is 0 Å². The minimum atomic E-state index is -0.409. The number of para-hydroxylation sites is 1. The fourth-order valence-electron chi connectivity index (χ4n) is 3.12. The highest BCUT2D eigenvalue weighted by Gasteiger charge is 2.36. The SMILES string of the molecule is CNc1c(F)cccc1C(=O)NCC1(N(C)C)CCCC1. The Kier molecular flexibility index (Phi) is 4.83. The molecule has 0 unspecified atom stereocenters. The van der Waals surface area contributed by atoms with Crippen LogP contribution in [-0.2, 0) is 0 Å². The number of nitrogens with zero attached hydrogens (tertiary/aromatic N) is 1. The highest BCUT2D eigenvalue weighted by molar-refractivity contribution is 5.99. The van der Waals surface area contributed by atoms with Gasteiger partial charge in [-0.2, -0.15) is 0 Å². The summed E-state index contributed by atoms with van der Waals surface area (Å²) in [6.45, 7) is 0.596. The van der Waals surface area contributed by atoms with E-state index in [1.165, 1.54) is 18.9 Å². The van der Waals surface area contributed by atoms with Crippen molar-refractivity contribution in [1.82, 2.24) is 10.2 Å². The zero-order valence-electron chi connectivity index (χ0n) is 13.0. The molecule has 0 bridgehead atoms. The molecular weight excluding hydrogens is 269 g/mol. The van der Waals surface area contributed by atoms with Crippen molar-refractivity contribution in [2.75, 3.05) is 33.0 Å². The maximum atomic E-state index is 13.7. The van der Waals surface area contributed by atoms with Crippen LogP contribution in [-0.4, -0.2) is 44.0 Å². The van der Waals surface area contributed by atoms with Gasteiger partial charge < -0.3 is 15.5 Å². The molecule has 1 aliphatic carbocycles. The van der Waals surface area contributed by atoms with Gasteiger partial charge in [-0.15, -0.1) is 0 Å².